The number of hydrogen-bond donors (Lipinski definition) is 0. The largest absolute Gasteiger partial charge is 0.444 e. The van der Waals surface area contributed by atoms with E-state index in [4.69, 9.17) is 16.3 Å². The number of fused-ring (bicyclic) bond motifs is 1. The Morgan fingerprint density at radius 1 is 1.33 bits per heavy atom. The molecule has 5 nitrogen and oxygen atoms in total. The number of halogens is 1. The molecule has 2 unspecified atom stereocenters. The lowest BCUT2D eigenvalue weighted by atomic mass is 9.93. The van der Waals surface area contributed by atoms with E-state index >= 15 is 0 Å². The second-order valence-corrected chi connectivity index (χ2v) is 7.09. The van der Waals surface area contributed by atoms with Gasteiger partial charge < -0.3 is 14.5 Å². The molecule has 3 rings (SSSR count). The van der Waals surface area contributed by atoms with E-state index in [-0.39, 0.29) is 12.1 Å². The van der Waals surface area contributed by atoms with Crippen LogP contribution in [-0.2, 0) is 4.74 Å². The standard InChI is InChI=1S/C15H20ClN3O2/c1-15(2,3)21-14(20)19-8-10-7-18(9-12(10)19)11-4-5-13(16)17-6-11/h4-6,10,12H,7-9H2,1-3H3. The lowest BCUT2D eigenvalue weighted by molar-refractivity contribution is -0.0163. The minimum absolute atomic E-state index is 0.208. The van der Waals surface area contributed by atoms with Crippen molar-refractivity contribution in [2.75, 3.05) is 24.5 Å². The highest BCUT2D eigenvalue weighted by Crippen LogP contribution is 2.35. The number of anilines is 1. The average molecular weight is 310 g/mol. The van der Waals surface area contributed by atoms with Crippen molar-refractivity contribution >= 4 is 23.4 Å². The fourth-order valence-corrected chi connectivity index (χ4v) is 3.04. The summed E-state index contributed by atoms with van der Waals surface area (Å²) in [5, 5.41) is 0.497. The summed E-state index contributed by atoms with van der Waals surface area (Å²) in [4.78, 5) is 20.3. The zero-order chi connectivity index (χ0) is 15.2. The molecule has 2 atom stereocenters. The summed E-state index contributed by atoms with van der Waals surface area (Å²) in [5.41, 5.74) is 0.610. The highest BCUT2D eigenvalue weighted by atomic mass is 35.5. The van der Waals surface area contributed by atoms with E-state index in [1.54, 1.807) is 12.3 Å². The van der Waals surface area contributed by atoms with Gasteiger partial charge in [0.2, 0.25) is 0 Å². The quantitative estimate of drug-likeness (QED) is 0.748. The first-order chi connectivity index (χ1) is 9.83. The van der Waals surface area contributed by atoms with Crippen molar-refractivity contribution in [2.24, 2.45) is 5.92 Å². The molecule has 1 aromatic rings. The van der Waals surface area contributed by atoms with E-state index in [1.165, 1.54) is 0 Å². The van der Waals surface area contributed by atoms with Crippen molar-refractivity contribution in [1.29, 1.82) is 0 Å². The van der Waals surface area contributed by atoms with Gasteiger partial charge in [-0.1, -0.05) is 11.6 Å². The smallest absolute Gasteiger partial charge is 0.410 e. The van der Waals surface area contributed by atoms with Gasteiger partial charge in [-0.05, 0) is 32.9 Å². The van der Waals surface area contributed by atoms with Gasteiger partial charge in [0.15, 0.2) is 0 Å². The highest BCUT2D eigenvalue weighted by Gasteiger charge is 2.49. The molecule has 1 aromatic heterocycles. The highest BCUT2D eigenvalue weighted by molar-refractivity contribution is 6.29. The minimum atomic E-state index is -0.444. The summed E-state index contributed by atoms with van der Waals surface area (Å²) < 4.78 is 5.45. The number of carbonyl (C=O) groups is 1. The van der Waals surface area contributed by atoms with Crippen LogP contribution in [0.5, 0.6) is 0 Å². The Balaban J connectivity index is 1.63. The first-order valence-electron chi connectivity index (χ1n) is 7.19. The maximum Gasteiger partial charge on any atom is 0.410 e. The van der Waals surface area contributed by atoms with Crippen molar-refractivity contribution in [2.45, 2.75) is 32.4 Å². The van der Waals surface area contributed by atoms with Crippen molar-refractivity contribution in [3.05, 3.63) is 23.5 Å². The zero-order valence-corrected chi connectivity index (χ0v) is 13.3. The number of carbonyl (C=O) groups excluding carboxylic acids is 1. The Labute approximate surface area is 129 Å². The molecule has 0 saturated carbocycles. The van der Waals surface area contributed by atoms with Crippen molar-refractivity contribution in [3.8, 4) is 0 Å². The van der Waals surface area contributed by atoms with Gasteiger partial charge in [0.25, 0.3) is 0 Å². The van der Waals surface area contributed by atoms with Crippen LogP contribution in [0, 0.1) is 5.92 Å². The maximum absolute atomic E-state index is 12.1. The zero-order valence-electron chi connectivity index (χ0n) is 12.5. The van der Waals surface area contributed by atoms with E-state index in [0.29, 0.717) is 11.1 Å². The average Bonchev–Trinajstić information content (AvgIpc) is 2.66. The van der Waals surface area contributed by atoms with Crippen LogP contribution in [0.4, 0.5) is 10.5 Å². The van der Waals surface area contributed by atoms with Gasteiger partial charge in [-0.15, -0.1) is 0 Å². The normalized spacial score (nSPS) is 24.6. The van der Waals surface area contributed by atoms with Crippen LogP contribution in [0.25, 0.3) is 0 Å². The summed E-state index contributed by atoms with van der Waals surface area (Å²) in [5.74, 6) is 0.521. The van der Waals surface area contributed by atoms with Crippen LogP contribution in [0.3, 0.4) is 0 Å². The molecule has 21 heavy (non-hydrogen) atoms. The van der Waals surface area contributed by atoms with Gasteiger partial charge >= 0.3 is 6.09 Å². The van der Waals surface area contributed by atoms with E-state index in [2.05, 4.69) is 9.88 Å². The Morgan fingerprint density at radius 2 is 2.10 bits per heavy atom. The predicted molar refractivity (Wildman–Crippen MR) is 81.7 cm³/mol. The van der Waals surface area contributed by atoms with E-state index in [0.717, 1.165) is 25.3 Å². The fraction of sp³-hybridized carbons (Fsp3) is 0.600. The Kier molecular flexibility index (Phi) is 3.48. The third kappa shape index (κ3) is 2.93. The summed E-state index contributed by atoms with van der Waals surface area (Å²) in [6, 6.07) is 4.01. The van der Waals surface area contributed by atoms with Gasteiger partial charge in [-0.25, -0.2) is 9.78 Å². The second kappa shape index (κ2) is 5.05. The van der Waals surface area contributed by atoms with Crippen molar-refractivity contribution in [3.63, 3.8) is 0 Å². The van der Waals surface area contributed by atoms with Crippen LogP contribution in [0.15, 0.2) is 18.3 Å². The number of amides is 1. The fourth-order valence-electron chi connectivity index (χ4n) is 2.93. The predicted octanol–water partition coefficient (Wildman–Crippen LogP) is 2.79. The molecule has 0 bridgehead atoms. The molecule has 0 aliphatic carbocycles. The number of nitrogens with zero attached hydrogens (tertiary/aromatic N) is 3. The molecule has 2 saturated heterocycles. The molecule has 2 fully saturated rings. The molecule has 0 radical (unpaired) electrons. The first-order valence-corrected chi connectivity index (χ1v) is 7.57. The van der Waals surface area contributed by atoms with E-state index in [9.17, 15) is 4.79 Å². The molecule has 3 heterocycles. The Morgan fingerprint density at radius 3 is 2.71 bits per heavy atom. The van der Waals surface area contributed by atoms with Gasteiger partial charge in [-0.3, -0.25) is 0 Å². The number of ether oxygens (including phenoxy) is 1. The molecule has 0 aromatic carbocycles. The van der Waals surface area contributed by atoms with Crippen molar-refractivity contribution < 1.29 is 9.53 Å². The topological polar surface area (TPSA) is 45.7 Å². The number of rotatable bonds is 1. The van der Waals surface area contributed by atoms with Crippen LogP contribution in [-0.4, -0.2) is 47.3 Å². The van der Waals surface area contributed by atoms with Gasteiger partial charge in [-0.2, -0.15) is 0 Å². The van der Waals surface area contributed by atoms with E-state index in [1.807, 2.05) is 31.7 Å². The second-order valence-electron chi connectivity index (χ2n) is 6.70. The molecule has 0 N–H and O–H groups in total. The van der Waals surface area contributed by atoms with E-state index < -0.39 is 5.60 Å². The maximum atomic E-state index is 12.1. The summed E-state index contributed by atoms with van der Waals surface area (Å²) in [6.07, 6.45) is 1.57. The molecular weight excluding hydrogens is 290 g/mol. The third-order valence-electron chi connectivity index (χ3n) is 3.94. The minimum Gasteiger partial charge on any atom is -0.444 e. The Bertz CT molecular complexity index is 541. The number of likely N-dealkylation sites (tertiary alicyclic amines) is 1. The molecular formula is C15H20ClN3O2. The molecule has 1 amide bonds. The number of aromatic nitrogens is 1. The van der Waals surface area contributed by atoms with Crippen LogP contribution >= 0.6 is 11.6 Å². The molecule has 0 spiro atoms. The molecule has 2 aliphatic heterocycles. The summed E-state index contributed by atoms with van der Waals surface area (Å²) in [7, 11) is 0. The number of hydrogen-bond acceptors (Lipinski definition) is 4. The van der Waals surface area contributed by atoms with Gasteiger partial charge in [0.05, 0.1) is 17.9 Å². The first kappa shape index (κ1) is 14.4. The van der Waals surface area contributed by atoms with Crippen LogP contribution < -0.4 is 4.90 Å². The van der Waals surface area contributed by atoms with Crippen LogP contribution in [0.1, 0.15) is 20.8 Å². The monoisotopic (exact) mass is 309 g/mol. The van der Waals surface area contributed by atoms with Gasteiger partial charge in [0, 0.05) is 25.6 Å². The molecule has 2 aliphatic rings. The molecule has 114 valence electrons. The van der Waals surface area contributed by atoms with Gasteiger partial charge in [0.1, 0.15) is 10.8 Å². The summed E-state index contributed by atoms with van der Waals surface area (Å²) in [6.45, 7) is 8.23. The third-order valence-corrected chi connectivity index (χ3v) is 4.17. The lowest BCUT2D eigenvalue weighted by Gasteiger charge is -2.43. The van der Waals surface area contributed by atoms with Crippen LogP contribution in [0.2, 0.25) is 5.15 Å². The molecule has 6 heteroatoms. The SMILES string of the molecule is CC(C)(C)OC(=O)N1CC2CN(c3ccc(Cl)nc3)CC21. The number of pyridine rings is 1. The summed E-state index contributed by atoms with van der Waals surface area (Å²) >= 11 is 5.82. The van der Waals surface area contributed by atoms with Crippen molar-refractivity contribution in [1.82, 2.24) is 9.88 Å². The Hall–Kier alpha value is -1.49. The lowest BCUT2D eigenvalue weighted by Crippen LogP contribution is -2.59.